The van der Waals surface area contributed by atoms with Crippen molar-refractivity contribution in [2.75, 3.05) is 51.7 Å². The van der Waals surface area contributed by atoms with E-state index in [1.165, 1.54) is 14.0 Å². The molecular weight excluding hydrogens is 377 g/mol. The Bertz CT molecular complexity index is 701. The van der Waals surface area contributed by atoms with Crippen LogP contribution in [-0.4, -0.2) is 67.9 Å². The summed E-state index contributed by atoms with van der Waals surface area (Å²) in [4.78, 5) is 27.6. The second-order valence-electron chi connectivity index (χ2n) is 6.14. The molecule has 26 heavy (non-hydrogen) atoms. The van der Waals surface area contributed by atoms with E-state index in [0.29, 0.717) is 59.8 Å². The first-order valence-electron chi connectivity index (χ1n) is 8.27. The van der Waals surface area contributed by atoms with E-state index < -0.39 is 0 Å². The maximum absolute atomic E-state index is 12.4. The number of carbonyl (C=O) groups excluding carboxylic acids is 2. The molecule has 0 aromatic heterocycles. The summed E-state index contributed by atoms with van der Waals surface area (Å²) in [5.41, 5.74) is 1.21. The van der Waals surface area contributed by atoms with Gasteiger partial charge in [-0.2, -0.15) is 0 Å². The number of hydrogen-bond acceptors (Lipinski definition) is 5. The monoisotopic (exact) mass is 399 g/mol. The third kappa shape index (κ3) is 5.37. The number of piperazine rings is 1. The Kier molecular flexibility index (Phi) is 7.32. The van der Waals surface area contributed by atoms with E-state index in [1.807, 2.05) is 0 Å². The lowest BCUT2D eigenvalue weighted by Gasteiger charge is -2.35. The first-order chi connectivity index (χ1) is 12.3. The molecule has 142 valence electrons. The third-order valence-corrected chi connectivity index (χ3v) is 5.03. The van der Waals surface area contributed by atoms with Gasteiger partial charge in [0.25, 0.3) is 0 Å². The SMILES string of the molecule is C=C(CN1CCN(C(=O)CNc2cc(Cl)c(Cl)cc2OC)CC1)C(C)=O. The number of rotatable bonds is 7. The van der Waals surface area contributed by atoms with Crippen molar-refractivity contribution in [2.45, 2.75) is 6.92 Å². The Labute approximate surface area is 163 Å². The van der Waals surface area contributed by atoms with Gasteiger partial charge in [0.1, 0.15) is 5.75 Å². The van der Waals surface area contributed by atoms with Crippen LogP contribution in [0.1, 0.15) is 6.92 Å². The lowest BCUT2D eigenvalue weighted by Crippen LogP contribution is -2.50. The van der Waals surface area contributed by atoms with Gasteiger partial charge >= 0.3 is 0 Å². The number of carbonyl (C=O) groups is 2. The van der Waals surface area contributed by atoms with Gasteiger partial charge < -0.3 is 15.0 Å². The van der Waals surface area contributed by atoms with Crippen molar-refractivity contribution >= 4 is 40.6 Å². The van der Waals surface area contributed by atoms with Crippen molar-refractivity contribution in [3.8, 4) is 5.75 Å². The van der Waals surface area contributed by atoms with Crippen LogP contribution in [-0.2, 0) is 9.59 Å². The molecule has 1 heterocycles. The van der Waals surface area contributed by atoms with Crippen LogP contribution < -0.4 is 10.1 Å². The number of methoxy groups -OCH3 is 1. The molecule has 0 saturated carbocycles. The highest BCUT2D eigenvalue weighted by atomic mass is 35.5. The van der Waals surface area contributed by atoms with Gasteiger partial charge in [0.15, 0.2) is 5.78 Å². The highest BCUT2D eigenvalue weighted by molar-refractivity contribution is 6.42. The Morgan fingerprint density at radius 1 is 1.19 bits per heavy atom. The molecule has 2 rings (SSSR count). The van der Waals surface area contributed by atoms with Crippen molar-refractivity contribution in [3.63, 3.8) is 0 Å². The number of ether oxygens (including phenoxy) is 1. The maximum Gasteiger partial charge on any atom is 0.241 e. The van der Waals surface area contributed by atoms with Crippen LogP contribution in [0.15, 0.2) is 24.3 Å². The Hall–Kier alpha value is -1.76. The quantitative estimate of drug-likeness (QED) is 0.714. The van der Waals surface area contributed by atoms with Gasteiger partial charge in [-0.3, -0.25) is 14.5 Å². The fraction of sp³-hybridized carbons (Fsp3) is 0.444. The molecule has 1 fully saturated rings. The minimum Gasteiger partial charge on any atom is -0.495 e. The van der Waals surface area contributed by atoms with E-state index >= 15 is 0 Å². The zero-order valence-electron chi connectivity index (χ0n) is 15.0. The first-order valence-corrected chi connectivity index (χ1v) is 9.03. The molecule has 1 aliphatic rings. The molecule has 0 radical (unpaired) electrons. The van der Waals surface area contributed by atoms with Crippen LogP contribution >= 0.6 is 23.2 Å². The number of nitrogens with one attached hydrogen (secondary N) is 1. The van der Waals surface area contributed by atoms with E-state index in [1.54, 1.807) is 17.0 Å². The number of halogens is 2. The summed E-state index contributed by atoms with van der Waals surface area (Å²) in [7, 11) is 1.53. The van der Waals surface area contributed by atoms with E-state index in [2.05, 4.69) is 16.8 Å². The highest BCUT2D eigenvalue weighted by Gasteiger charge is 2.22. The average Bonchev–Trinajstić information content (AvgIpc) is 2.62. The molecule has 6 nitrogen and oxygen atoms in total. The van der Waals surface area contributed by atoms with Crippen LogP contribution in [0.4, 0.5) is 5.69 Å². The smallest absolute Gasteiger partial charge is 0.241 e. The van der Waals surface area contributed by atoms with Crippen LogP contribution in [0, 0.1) is 0 Å². The van der Waals surface area contributed by atoms with E-state index in [-0.39, 0.29) is 18.2 Å². The molecule has 1 aromatic rings. The maximum atomic E-state index is 12.4. The lowest BCUT2D eigenvalue weighted by molar-refractivity contribution is -0.131. The van der Waals surface area contributed by atoms with E-state index in [9.17, 15) is 9.59 Å². The molecule has 0 atom stereocenters. The number of amides is 1. The van der Waals surface area contributed by atoms with E-state index in [4.69, 9.17) is 27.9 Å². The average molecular weight is 400 g/mol. The van der Waals surface area contributed by atoms with Crippen molar-refractivity contribution in [3.05, 3.63) is 34.3 Å². The summed E-state index contributed by atoms with van der Waals surface area (Å²) in [5.74, 6) is 0.520. The Balaban J connectivity index is 1.85. The number of hydrogen-bond donors (Lipinski definition) is 1. The van der Waals surface area contributed by atoms with Gasteiger partial charge in [-0.15, -0.1) is 0 Å². The van der Waals surface area contributed by atoms with Crippen molar-refractivity contribution < 1.29 is 14.3 Å². The topological polar surface area (TPSA) is 61.9 Å². The second-order valence-corrected chi connectivity index (χ2v) is 6.95. The Morgan fingerprint density at radius 3 is 2.38 bits per heavy atom. The third-order valence-electron chi connectivity index (χ3n) is 4.31. The normalized spacial score (nSPS) is 14.8. The standard InChI is InChI=1S/C18H23Cl2N3O3/c1-12(13(2)24)11-22-4-6-23(7-5-22)18(25)10-21-16-8-14(19)15(20)9-17(16)26-3/h8-9,21H,1,4-7,10-11H2,2-3H3. The number of nitrogens with zero attached hydrogens (tertiary/aromatic N) is 2. The summed E-state index contributed by atoms with van der Waals surface area (Å²) in [5, 5.41) is 3.84. The molecular formula is C18H23Cl2N3O3. The fourth-order valence-corrected chi connectivity index (χ4v) is 2.97. The van der Waals surface area contributed by atoms with Gasteiger partial charge in [-0.05, 0) is 13.0 Å². The Morgan fingerprint density at radius 2 is 1.81 bits per heavy atom. The molecule has 1 aromatic carbocycles. The zero-order valence-corrected chi connectivity index (χ0v) is 16.5. The lowest BCUT2D eigenvalue weighted by atomic mass is 10.2. The molecule has 1 aliphatic heterocycles. The van der Waals surface area contributed by atoms with Crippen molar-refractivity contribution in [1.82, 2.24) is 9.80 Å². The summed E-state index contributed by atoms with van der Waals surface area (Å²) >= 11 is 12.0. The molecule has 0 aliphatic carbocycles. The van der Waals surface area contributed by atoms with Crippen LogP contribution in [0.3, 0.4) is 0 Å². The van der Waals surface area contributed by atoms with Gasteiger partial charge in [0, 0.05) is 44.4 Å². The van der Waals surface area contributed by atoms with Crippen LogP contribution in [0.25, 0.3) is 0 Å². The molecule has 1 N–H and O–H groups in total. The highest BCUT2D eigenvalue weighted by Crippen LogP contribution is 2.33. The predicted molar refractivity (Wildman–Crippen MR) is 104 cm³/mol. The summed E-state index contributed by atoms with van der Waals surface area (Å²) in [6.07, 6.45) is 0. The van der Waals surface area contributed by atoms with Crippen LogP contribution in [0.5, 0.6) is 5.75 Å². The van der Waals surface area contributed by atoms with Gasteiger partial charge in [0.05, 0.1) is 29.4 Å². The van der Waals surface area contributed by atoms with Crippen molar-refractivity contribution in [1.29, 1.82) is 0 Å². The number of benzene rings is 1. The first kappa shape index (κ1) is 20.6. The van der Waals surface area contributed by atoms with E-state index in [0.717, 1.165) is 0 Å². The number of Topliss-reactive ketones (excluding diaryl/α,β-unsaturated/α-hetero) is 1. The van der Waals surface area contributed by atoms with Crippen LogP contribution in [0.2, 0.25) is 10.0 Å². The van der Waals surface area contributed by atoms with Gasteiger partial charge in [0.2, 0.25) is 5.91 Å². The molecule has 8 heteroatoms. The van der Waals surface area contributed by atoms with Crippen molar-refractivity contribution in [2.24, 2.45) is 0 Å². The summed E-state index contributed by atoms with van der Waals surface area (Å²) in [6.45, 7) is 8.65. The summed E-state index contributed by atoms with van der Waals surface area (Å²) < 4.78 is 5.26. The molecule has 1 saturated heterocycles. The molecule has 1 amide bonds. The van der Waals surface area contributed by atoms with Gasteiger partial charge in [-0.25, -0.2) is 0 Å². The molecule has 0 bridgehead atoms. The minimum atomic E-state index is -0.0110. The number of anilines is 1. The van der Waals surface area contributed by atoms with Gasteiger partial charge in [-0.1, -0.05) is 29.8 Å². The fourth-order valence-electron chi connectivity index (χ4n) is 2.65. The summed E-state index contributed by atoms with van der Waals surface area (Å²) in [6, 6.07) is 3.25. The molecule has 0 spiro atoms. The minimum absolute atomic E-state index is 0.00304. The molecule has 0 unspecified atom stereocenters. The predicted octanol–water partition coefficient (Wildman–Crippen LogP) is 2.70. The second kappa shape index (κ2) is 9.26. The zero-order chi connectivity index (χ0) is 19.3. The number of ketones is 1. The largest absolute Gasteiger partial charge is 0.495 e.